The van der Waals surface area contributed by atoms with Gasteiger partial charge in [-0.25, -0.2) is 0 Å². The number of carbonyl (C=O) groups excluding carboxylic acids is 2. The number of amides is 1. The van der Waals surface area contributed by atoms with Gasteiger partial charge in [-0.3, -0.25) is 9.59 Å². The Labute approximate surface area is 150 Å². The van der Waals surface area contributed by atoms with Gasteiger partial charge in [0.15, 0.2) is 0 Å². The van der Waals surface area contributed by atoms with E-state index in [9.17, 15) is 9.59 Å². The lowest BCUT2D eigenvalue weighted by molar-refractivity contribution is -0.146. The van der Waals surface area contributed by atoms with Crippen LogP contribution in [0.4, 0.5) is 0 Å². The second kappa shape index (κ2) is 10.7. The number of hydrogen-bond donors (Lipinski definition) is 0. The quantitative estimate of drug-likeness (QED) is 0.509. The molecule has 0 bridgehead atoms. The van der Waals surface area contributed by atoms with Crippen LogP contribution >= 0.6 is 0 Å². The van der Waals surface area contributed by atoms with Crippen LogP contribution in [0.3, 0.4) is 0 Å². The van der Waals surface area contributed by atoms with Crippen LogP contribution in [0.15, 0.2) is 30.3 Å². The lowest BCUT2D eigenvalue weighted by Crippen LogP contribution is -2.38. The number of esters is 1. The normalized spacial score (nSPS) is 12.4. The highest BCUT2D eigenvalue weighted by Gasteiger charge is 2.20. The Kier molecular flexibility index (Phi) is 8.92. The van der Waals surface area contributed by atoms with Gasteiger partial charge in [0.05, 0.1) is 19.6 Å². The maximum absolute atomic E-state index is 12.5. The molecule has 0 heterocycles. The number of benzene rings is 1. The van der Waals surface area contributed by atoms with Crippen LogP contribution in [0.2, 0.25) is 0 Å². The number of hydrogen-bond acceptors (Lipinski definition) is 4. The van der Waals surface area contributed by atoms with Gasteiger partial charge in [0.2, 0.25) is 5.91 Å². The number of ether oxygens (including phenoxy) is 2. The van der Waals surface area contributed by atoms with Crippen molar-refractivity contribution in [2.75, 3.05) is 33.9 Å². The van der Waals surface area contributed by atoms with E-state index in [2.05, 4.69) is 26.0 Å². The summed E-state index contributed by atoms with van der Waals surface area (Å²) < 4.78 is 9.79. The first-order valence-corrected chi connectivity index (χ1v) is 8.52. The first-order valence-electron chi connectivity index (χ1n) is 8.52. The Hall–Kier alpha value is -2.14. The predicted octanol–water partition coefficient (Wildman–Crippen LogP) is 3.11. The highest BCUT2D eigenvalue weighted by atomic mass is 16.5. The largest absolute Gasteiger partial charge is 0.469 e. The molecule has 0 aliphatic rings. The predicted molar refractivity (Wildman–Crippen MR) is 99.2 cm³/mol. The van der Waals surface area contributed by atoms with Crippen LogP contribution in [0.1, 0.15) is 37.8 Å². The molecule has 1 atom stereocenters. The minimum atomic E-state index is -0.385. The molecule has 0 aliphatic heterocycles. The van der Waals surface area contributed by atoms with Crippen molar-refractivity contribution < 1.29 is 19.1 Å². The molecule has 25 heavy (non-hydrogen) atoms. The molecule has 0 spiro atoms. The van der Waals surface area contributed by atoms with Crippen molar-refractivity contribution in [3.63, 3.8) is 0 Å². The van der Waals surface area contributed by atoms with Gasteiger partial charge in [-0.2, -0.15) is 0 Å². The molecular weight excluding hydrogens is 318 g/mol. The van der Waals surface area contributed by atoms with E-state index in [0.717, 1.165) is 5.56 Å². The van der Waals surface area contributed by atoms with Gasteiger partial charge in [-0.15, -0.1) is 0 Å². The Balaban J connectivity index is 2.77. The highest BCUT2D eigenvalue weighted by Crippen LogP contribution is 2.15. The van der Waals surface area contributed by atoms with Gasteiger partial charge >= 0.3 is 5.97 Å². The fraction of sp³-hybridized carbons (Fsp3) is 0.500. The number of methoxy groups -OCH3 is 2. The summed E-state index contributed by atoms with van der Waals surface area (Å²) in [4.78, 5) is 25.7. The second-order valence-electron chi connectivity index (χ2n) is 6.36. The first-order chi connectivity index (χ1) is 11.9. The van der Waals surface area contributed by atoms with Crippen LogP contribution < -0.4 is 0 Å². The van der Waals surface area contributed by atoms with Gasteiger partial charge in [0.25, 0.3) is 0 Å². The third-order valence-electron chi connectivity index (χ3n) is 4.00. The summed E-state index contributed by atoms with van der Waals surface area (Å²) >= 11 is 0. The monoisotopic (exact) mass is 347 g/mol. The minimum absolute atomic E-state index is 0.152. The maximum atomic E-state index is 12.5. The Morgan fingerprint density at radius 1 is 1.12 bits per heavy atom. The topological polar surface area (TPSA) is 55.8 Å². The van der Waals surface area contributed by atoms with Gasteiger partial charge < -0.3 is 14.4 Å². The molecule has 0 fully saturated rings. The van der Waals surface area contributed by atoms with E-state index in [4.69, 9.17) is 9.47 Å². The standard InChI is InChI=1S/C20H29NO4/c1-15(2)18-9-6-17(7-10-18)8-11-19(22)21(12-13-24-4)14-16(3)20(23)25-5/h6-11,15-16H,12-14H2,1-5H3/b11-8+. The summed E-state index contributed by atoms with van der Waals surface area (Å²) in [5.74, 6) is -0.391. The maximum Gasteiger partial charge on any atom is 0.310 e. The van der Waals surface area contributed by atoms with E-state index >= 15 is 0 Å². The molecular formula is C20H29NO4. The Morgan fingerprint density at radius 2 is 1.76 bits per heavy atom. The molecule has 1 rings (SSSR count). The lowest BCUT2D eigenvalue weighted by Gasteiger charge is -2.23. The van der Waals surface area contributed by atoms with Crippen LogP contribution in [0.25, 0.3) is 6.08 Å². The highest BCUT2D eigenvalue weighted by molar-refractivity contribution is 5.92. The molecule has 0 N–H and O–H groups in total. The molecule has 1 amide bonds. The molecule has 0 saturated carbocycles. The van der Waals surface area contributed by atoms with Gasteiger partial charge in [0, 0.05) is 26.3 Å². The molecule has 0 saturated heterocycles. The first kappa shape index (κ1) is 20.9. The molecule has 138 valence electrons. The number of carbonyl (C=O) groups is 2. The summed E-state index contributed by atoms with van der Waals surface area (Å²) in [6.45, 7) is 7.16. The fourth-order valence-corrected chi connectivity index (χ4v) is 2.36. The van der Waals surface area contributed by atoms with Gasteiger partial charge in [-0.1, -0.05) is 45.0 Å². The Morgan fingerprint density at radius 3 is 2.28 bits per heavy atom. The Bertz CT molecular complexity index is 578. The molecule has 1 aromatic carbocycles. The zero-order valence-corrected chi connectivity index (χ0v) is 15.8. The van der Waals surface area contributed by atoms with E-state index < -0.39 is 0 Å². The summed E-state index contributed by atoms with van der Waals surface area (Å²) in [7, 11) is 2.93. The van der Waals surface area contributed by atoms with Crippen molar-refractivity contribution in [3.8, 4) is 0 Å². The van der Waals surface area contributed by atoms with Crippen molar-refractivity contribution in [1.82, 2.24) is 4.90 Å². The second-order valence-corrected chi connectivity index (χ2v) is 6.36. The number of rotatable bonds is 9. The van der Waals surface area contributed by atoms with E-state index in [1.165, 1.54) is 18.7 Å². The van der Waals surface area contributed by atoms with Crippen molar-refractivity contribution >= 4 is 18.0 Å². The van der Waals surface area contributed by atoms with Crippen molar-refractivity contribution in [2.45, 2.75) is 26.7 Å². The fourth-order valence-electron chi connectivity index (χ4n) is 2.36. The molecule has 5 nitrogen and oxygen atoms in total. The molecule has 5 heteroatoms. The van der Waals surface area contributed by atoms with Crippen molar-refractivity contribution in [3.05, 3.63) is 41.5 Å². The summed E-state index contributed by atoms with van der Waals surface area (Å²) in [5, 5.41) is 0. The smallest absolute Gasteiger partial charge is 0.310 e. The summed E-state index contributed by atoms with van der Waals surface area (Å²) in [5.41, 5.74) is 2.22. The van der Waals surface area contributed by atoms with E-state index in [-0.39, 0.29) is 17.8 Å². The summed E-state index contributed by atoms with van der Waals surface area (Å²) in [6, 6.07) is 8.12. The molecule has 0 radical (unpaired) electrons. The SMILES string of the molecule is COCCN(CC(C)C(=O)OC)C(=O)/C=C/c1ccc(C(C)C)cc1. The number of nitrogens with zero attached hydrogens (tertiary/aromatic N) is 1. The zero-order valence-electron chi connectivity index (χ0n) is 15.8. The van der Waals surface area contributed by atoms with E-state index in [1.54, 1.807) is 25.0 Å². The molecule has 1 aromatic rings. The van der Waals surface area contributed by atoms with E-state index in [0.29, 0.717) is 25.6 Å². The molecule has 1 unspecified atom stereocenters. The van der Waals surface area contributed by atoms with Crippen LogP contribution in [0.5, 0.6) is 0 Å². The molecule has 0 aromatic heterocycles. The van der Waals surface area contributed by atoms with Crippen molar-refractivity contribution in [2.24, 2.45) is 5.92 Å². The van der Waals surface area contributed by atoms with Crippen LogP contribution in [-0.2, 0) is 19.1 Å². The summed E-state index contributed by atoms with van der Waals surface area (Å²) in [6.07, 6.45) is 3.32. The van der Waals surface area contributed by atoms with Gasteiger partial charge in [0.1, 0.15) is 0 Å². The van der Waals surface area contributed by atoms with Gasteiger partial charge in [-0.05, 0) is 23.1 Å². The third kappa shape index (κ3) is 7.10. The minimum Gasteiger partial charge on any atom is -0.469 e. The molecule has 0 aliphatic carbocycles. The zero-order chi connectivity index (χ0) is 18.8. The van der Waals surface area contributed by atoms with Crippen LogP contribution in [-0.4, -0.2) is 50.7 Å². The average Bonchev–Trinajstić information content (AvgIpc) is 2.62. The third-order valence-corrected chi connectivity index (χ3v) is 4.00. The lowest BCUT2D eigenvalue weighted by atomic mass is 10.0. The van der Waals surface area contributed by atoms with Crippen molar-refractivity contribution in [1.29, 1.82) is 0 Å². The van der Waals surface area contributed by atoms with E-state index in [1.807, 2.05) is 12.1 Å². The average molecular weight is 347 g/mol. The van der Waals surface area contributed by atoms with Crippen LogP contribution in [0, 0.1) is 5.92 Å².